The average molecular weight is 451 g/mol. The molecule has 0 saturated carbocycles. The molecule has 0 unspecified atom stereocenters. The largest absolute Gasteiger partial charge is 0.452 e. The van der Waals surface area contributed by atoms with Crippen LogP contribution in [0.3, 0.4) is 0 Å². The van der Waals surface area contributed by atoms with Crippen LogP contribution in [-0.2, 0) is 16.0 Å². The average Bonchev–Trinajstić information content (AvgIpc) is 3.21. The van der Waals surface area contributed by atoms with Gasteiger partial charge in [-0.25, -0.2) is 4.79 Å². The fraction of sp³-hybridized carbons (Fsp3) is 0.208. The summed E-state index contributed by atoms with van der Waals surface area (Å²) in [5, 5.41) is 0. The lowest BCUT2D eigenvalue weighted by Gasteiger charge is -2.30. The maximum atomic E-state index is 13.8. The molecule has 7 heteroatoms. The molecule has 2 aliphatic rings. The first-order valence-corrected chi connectivity index (χ1v) is 11.3. The number of carbonyl (C=O) groups excluding carboxylic acids is 2. The summed E-state index contributed by atoms with van der Waals surface area (Å²) in [5.41, 5.74) is 2.67. The number of hydrogen-bond acceptors (Lipinski definition) is 5. The zero-order valence-corrected chi connectivity index (χ0v) is 18.6. The minimum atomic E-state index is -0.544. The molecule has 4 rings (SSSR count). The molecule has 0 spiro atoms. The molecule has 2 atom stereocenters. The number of allylic oxidation sites excluding steroid dienone is 1. The van der Waals surface area contributed by atoms with Crippen molar-refractivity contribution in [2.24, 2.45) is 5.92 Å². The highest BCUT2D eigenvalue weighted by Gasteiger charge is 2.38. The number of thiocarbonyl (C=S) groups is 1. The summed E-state index contributed by atoms with van der Waals surface area (Å²) in [6.45, 7) is 0. The van der Waals surface area contributed by atoms with E-state index in [0.717, 1.165) is 11.1 Å². The third kappa shape index (κ3) is 4.57. The van der Waals surface area contributed by atoms with E-state index in [1.807, 2.05) is 66.7 Å². The van der Waals surface area contributed by atoms with E-state index in [-0.39, 0.29) is 17.9 Å². The molecule has 158 valence electrons. The normalized spacial score (nSPS) is 20.5. The number of carbonyl (C=O) groups is 2. The van der Waals surface area contributed by atoms with Gasteiger partial charge in [0.05, 0.1) is 13.2 Å². The topological polar surface area (TPSA) is 49.9 Å². The van der Waals surface area contributed by atoms with Crippen molar-refractivity contribution in [2.75, 3.05) is 12.9 Å². The molecule has 0 aliphatic carbocycles. The fourth-order valence-electron chi connectivity index (χ4n) is 3.77. The second-order valence-corrected chi connectivity index (χ2v) is 8.93. The molecular weight excluding hydrogens is 428 g/mol. The minimum Gasteiger partial charge on any atom is -0.452 e. The predicted octanol–water partition coefficient (Wildman–Crippen LogP) is 4.93. The number of benzene rings is 2. The number of thioether (sulfide) groups is 1. The SMILES string of the molecule is COC(=O)N1C=C[C@@H](Cc2ccccc2)C(C(=O)N2C(=S)SC[C@@H]2c2ccccc2)=C1. The van der Waals surface area contributed by atoms with Crippen LogP contribution in [0.15, 0.2) is 84.7 Å². The van der Waals surface area contributed by atoms with Crippen molar-refractivity contribution in [3.8, 4) is 0 Å². The number of rotatable bonds is 4. The zero-order chi connectivity index (χ0) is 21.8. The molecule has 0 N–H and O–H groups in total. The van der Waals surface area contributed by atoms with E-state index in [4.69, 9.17) is 17.0 Å². The van der Waals surface area contributed by atoms with Crippen molar-refractivity contribution in [1.82, 2.24) is 9.80 Å². The second kappa shape index (κ2) is 9.49. The molecule has 2 aliphatic heterocycles. The monoisotopic (exact) mass is 450 g/mol. The smallest absolute Gasteiger partial charge is 0.417 e. The summed E-state index contributed by atoms with van der Waals surface area (Å²) in [7, 11) is 1.32. The Hall–Kier alpha value is -2.90. The molecule has 2 aromatic rings. The van der Waals surface area contributed by atoms with Gasteiger partial charge < -0.3 is 4.74 Å². The molecule has 2 aromatic carbocycles. The molecular formula is C24H22N2O3S2. The van der Waals surface area contributed by atoms with Crippen molar-refractivity contribution < 1.29 is 14.3 Å². The lowest BCUT2D eigenvalue weighted by Crippen LogP contribution is -2.38. The van der Waals surface area contributed by atoms with Crippen LogP contribution in [0.25, 0.3) is 0 Å². The van der Waals surface area contributed by atoms with Gasteiger partial charge in [0, 0.05) is 29.6 Å². The lowest BCUT2D eigenvalue weighted by atomic mass is 9.89. The summed E-state index contributed by atoms with van der Waals surface area (Å²) in [5.74, 6) is 0.352. The highest BCUT2D eigenvalue weighted by Crippen LogP contribution is 2.38. The summed E-state index contributed by atoms with van der Waals surface area (Å²) >= 11 is 7.06. The Labute approximate surface area is 191 Å². The van der Waals surface area contributed by atoms with E-state index in [1.54, 1.807) is 17.3 Å². The Kier molecular flexibility index (Phi) is 6.53. The fourth-order valence-corrected chi connectivity index (χ4v) is 5.18. The van der Waals surface area contributed by atoms with Crippen molar-refractivity contribution in [2.45, 2.75) is 12.5 Å². The third-order valence-electron chi connectivity index (χ3n) is 5.36. The quantitative estimate of drug-likeness (QED) is 0.619. The number of ether oxygens (including phenoxy) is 1. The van der Waals surface area contributed by atoms with Crippen LogP contribution < -0.4 is 0 Å². The maximum Gasteiger partial charge on any atom is 0.417 e. The molecule has 1 saturated heterocycles. The predicted molar refractivity (Wildman–Crippen MR) is 126 cm³/mol. The maximum absolute atomic E-state index is 13.8. The van der Waals surface area contributed by atoms with Gasteiger partial charge in [-0.1, -0.05) is 90.7 Å². The highest BCUT2D eigenvalue weighted by atomic mass is 32.2. The molecule has 1 fully saturated rings. The Bertz CT molecular complexity index is 1040. The van der Waals surface area contributed by atoms with Gasteiger partial charge in [0.25, 0.3) is 5.91 Å². The van der Waals surface area contributed by atoms with Crippen molar-refractivity contribution in [3.05, 3.63) is 95.8 Å². The second-order valence-electron chi connectivity index (χ2n) is 7.28. The standard InChI is InChI=1S/C24H22N2O3S2/c1-29-23(28)25-13-12-19(14-17-8-4-2-5-9-17)20(15-25)22(27)26-21(16-31-24(26)30)18-10-6-3-7-11-18/h2-13,15,19,21H,14,16H2,1H3/t19-,21+/m0/s1. The van der Waals surface area contributed by atoms with Crippen molar-refractivity contribution >= 4 is 40.3 Å². The summed E-state index contributed by atoms with van der Waals surface area (Å²) in [6, 6.07) is 19.7. The molecule has 0 aromatic heterocycles. The first-order valence-electron chi connectivity index (χ1n) is 9.94. The molecule has 0 bridgehead atoms. The van der Waals surface area contributed by atoms with Crippen LogP contribution in [0.4, 0.5) is 4.79 Å². The Morgan fingerprint density at radius 1 is 1.10 bits per heavy atom. The van der Waals surface area contributed by atoms with Gasteiger partial charge in [0.2, 0.25) is 0 Å². The van der Waals surface area contributed by atoms with Gasteiger partial charge in [0.1, 0.15) is 4.32 Å². The van der Waals surface area contributed by atoms with Gasteiger partial charge in [-0.05, 0) is 17.5 Å². The van der Waals surface area contributed by atoms with Crippen molar-refractivity contribution in [3.63, 3.8) is 0 Å². The van der Waals surface area contributed by atoms with Crippen molar-refractivity contribution in [1.29, 1.82) is 0 Å². The Balaban J connectivity index is 1.67. The van der Waals surface area contributed by atoms with E-state index in [0.29, 0.717) is 22.1 Å². The van der Waals surface area contributed by atoms with Crippen LogP contribution in [0.5, 0.6) is 0 Å². The summed E-state index contributed by atoms with van der Waals surface area (Å²) in [6.07, 6.45) is 5.21. The van der Waals surface area contributed by atoms with Crippen LogP contribution >= 0.6 is 24.0 Å². The molecule has 0 radical (unpaired) electrons. The molecule has 5 nitrogen and oxygen atoms in total. The van der Waals surface area contributed by atoms with E-state index in [9.17, 15) is 9.59 Å². The zero-order valence-electron chi connectivity index (χ0n) is 17.0. The number of hydrogen-bond donors (Lipinski definition) is 0. The van der Waals surface area contributed by atoms with Crippen LogP contribution in [0, 0.1) is 5.92 Å². The van der Waals surface area contributed by atoms with E-state index in [2.05, 4.69) is 0 Å². The van der Waals surface area contributed by atoms with E-state index in [1.165, 1.54) is 23.8 Å². The van der Waals surface area contributed by atoms with Crippen LogP contribution in [-0.4, -0.2) is 39.0 Å². The van der Waals surface area contributed by atoms with Gasteiger partial charge in [0.15, 0.2) is 0 Å². The van der Waals surface area contributed by atoms with Gasteiger partial charge in [-0.15, -0.1) is 0 Å². The number of nitrogens with zero attached hydrogens (tertiary/aromatic N) is 2. The number of amides is 2. The third-order valence-corrected chi connectivity index (χ3v) is 6.84. The number of methoxy groups -OCH3 is 1. The summed E-state index contributed by atoms with van der Waals surface area (Å²) in [4.78, 5) is 28.9. The van der Waals surface area contributed by atoms with E-state index >= 15 is 0 Å². The highest BCUT2D eigenvalue weighted by molar-refractivity contribution is 8.23. The molecule has 2 heterocycles. The van der Waals surface area contributed by atoms with Gasteiger partial charge >= 0.3 is 6.09 Å². The summed E-state index contributed by atoms with van der Waals surface area (Å²) < 4.78 is 5.40. The molecule has 2 amide bonds. The minimum absolute atomic E-state index is 0.137. The Morgan fingerprint density at radius 2 is 1.77 bits per heavy atom. The van der Waals surface area contributed by atoms with Crippen LogP contribution in [0.2, 0.25) is 0 Å². The van der Waals surface area contributed by atoms with Gasteiger partial charge in [-0.2, -0.15) is 0 Å². The van der Waals surface area contributed by atoms with Crippen LogP contribution in [0.1, 0.15) is 17.2 Å². The van der Waals surface area contributed by atoms with E-state index < -0.39 is 6.09 Å². The van der Waals surface area contributed by atoms with Gasteiger partial charge in [-0.3, -0.25) is 14.6 Å². The first-order chi connectivity index (χ1) is 15.1. The lowest BCUT2D eigenvalue weighted by molar-refractivity contribution is -0.125. The first kappa shape index (κ1) is 21.3. The Morgan fingerprint density at radius 3 is 2.45 bits per heavy atom. The molecule has 31 heavy (non-hydrogen) atoms.